The van der Waals surface area contributed by atoms with E-state index >= 15 is 0 Å². The van der Waals surface area contributed by atoms with Crippen molar-refractivity contribution < 1.29 is 54.4 Å². The molecule has 0 bridgehead atoms. The van der Waals surface area contributed by atoms with Gasteiger partial charge in [0.2, 0.25) is 12.0 Å². The SMILES string of the molecule is COc1c(O)cc2oc(-c3ccc(O[C@@H]4O[C@@H](CO)[C@@H](O)[C@H](O)[C@@H]4O)c(O)c3)cc(=O)c2c1O. The van der Waals surface area contributed by atoms with Gasteiger partial charge in [0, 0.05) is 17.7 Å². The zero-order valence-electron chi connectivity index (χ0n) is 17.7. The number of benzene rings is 2. The van der Waals surface area contributed by atoms with Gasteiger partial charge < -0.3 is 54.4 Å². The number of phenols is 3. The summed E-state index contributed by atoms with van der Waals surface area (Å²) in [6.45, 7) is -0.645. The predicted molar refractivity (Wildman–Crippen MR) is 114 cm³/mol. The summed E-state index contributed by atoms with van der Waals surface area (Å²) in [5.41, 5.74) is -0.528. The Kier molecular flexibility index (Phi) is 6.25. The number of rotatable bonds is 5. The lowest BCUT2D eigenvalue weighted by atomic mass is 9.99. The molecule has 7 N–H and O–H groups in total. The van der Waals surface area contributed by atoms with Crippen LogP contribution < -0.4 is 14.9 Å². The van der Waals surface area contributed by atoms with Gasteiger partial charge in [0.25, 0.3) is 0 Å². The molecule has 2 heterocycles. The van der Waals surface area contributed by atoms with Crippen LogP contribution in [-0.4, -0.2) is 80.2 Å². The molecule has 0 amide bonds. The second-order valence-corrected chi connectivity index (χ2v) is 7.62. The van der Waals surface area contributed by atoms with Crippen LogP contribution in [0.2, 0.25) is 0 Å². The zero-order valence-corrected chi connectivity index (χ0v) is 17.7. The highest BCUT2D eigenvalue weighted by Gasteiger charge is 2.44. The van der Waals surface area contributed by atoms with Crippen molar-refractivity contribution in [2.24, 2.45) is 0 Å². The lowest BCUT2D eigenvalue weighted by Gasteiger charge is -2.39. The van der Waals surface area contributed by atoms with Crippen LogP contribution in [0.3, 0.4) is 0 Å². The Bertz CT molecular complexity index is 1270. The summed E-state index contributed by atoms with van der Waals surface area (Å²) in [5.74, 6) is -1.92. The predicted octanol–water partition coefficient (Wildman–Crippen LogP) is -0.236. The number of aliphatic hydroxyl groups is 4. The molecule has 1 fully saturated rings. The van der Waals surface area contributed by atoms with Gasteiger partial charge in [-0.25, -0.2) is 0 Å². The van der Waals surface area contributed by atoms with Crippen molar-refractivity contribution >= 4 is 11.0 Å². The number of methoxy groups -OCH3 is 1. The van der Waals surface area contributed by atoms with Gasteiger partial charge in [0.05, 0.1) is 13.7 Å². The van der Waals surface area contributed by atoms with Gasteiger partial charge in [-0.05, 0) is 18.2 Å². The molecule has 12 nitrogen and oxygen atoms in total. The van der Waals surface area contributed by atoms with Crippen molar-refractivity contribution in [2.75, 3.05) is 13.7 Å². The fraction of sp³-hybridized carbons (Fsp3) is 0.318. The number of fused-ring (bicyclic) bond motifs is 1. The number of aliphatic hydroxyl groups excluding tert-OH is 4. The molecule has 3 aromatic rings. The second kappa shape index (κ2) is 9.00. The van der Waals surface area contributed by atoms with E-state index in [0.29, 0.717) is 0 Å². The molecule has 0 aliphatic carbocycles. The van der Waals surface area contributed by atoms with Gasteiger partial charge >= 0.3 is 0 Å². The standard InChI is InChI=1S/C22H22O12/c1-31-21-11(26)6-14-16(18(21)28)10(25)5-13(32-14)8-2-3-12(9(24)4-8)33-22-20(30)19(29)17(27)15(7-23)34-22/h2-6,15,17,19-20,22-24,26-30H,7H2,1H3/t15-,17+,19-,20-,22+/m0/s1. The van der Waals surface area contributed by atoms with E-state index < -0.39 is 60.0 Å². The molecule has 1 aliphatic rings. The highest BCUT2D eigenvalue weighted by Crippen LogP contribution is 2.42. The molecule has 4 rings (SSSR count). The van der Waals surface area contributed by atoms with Crippen LogP contribution in [0.15, 0.2) is 39.5 Å². The summed E-state index contributed by atoms with van der Waals surface area (Å²) in [6, 6.07) is 6.05. The van der Waals surface area contributed by atoms with Crippen LogP contribution in [-0.2, 0) is 4.74 Å². The molecule has 0 saturated carbocycles. The van der Waals surface area contributed by atoms with Gasteiger partial charge in [0.15, 0.2) is 28.4 Å². The van der Waals surface area contributed by atoms with Gasteiger partial charge in [-0.1, -0.05) is 0 Å². The Morgan fingerprint density at radius 2 is 1.71 bits per heavy atom. The summed E-state index contributed by atoms with van der Waals surface area (Å²) >= 11 is 0. The quantitative estimate of drug-likeness (QED) is 0.254. The molecule has 0 spiro atoms. The third-order valence-corrected chi connectivity index (χ3v) is 5.47. The number of phenolic OH excluding ortho intramolecular Hbond substituents is 3. The van der Waals surface area contributed by atoms with Crippen LogP contribution in [0.5, 0.6) is 28.7 Å². The van der Waals surface area contributed by atoms with Crippen molar-refractivity contribution in [2.45, 2.75) is 30.7 Å². The molecule has 0 unspecified atom stereocenters. The summed E-state index contributed by atoms with van der Waals surface area (Å²) < 4.78 is 21.2. The Morgan fingerprint density at radius 3 is 2.35 bits per heavy atom. The molecule has 0 radical (unpaired) electrons. The van der Waals surface area contributed by atoms with Crippen molar-refractivity contribution in [1.29, 1.82) is 0 Å². The summed E-state index contributed by atoms with van der Waals surface area (Å²) in [6.07, 6.45) is -7.59. The average molecular weight is 478 g/mol. The minimum atomic E-state index is -1.67. The first kappa shape index (κ1) is 23.6. The smallest absolute Gasteiger partial charge is 0.229 e. The molecule has 182 valence electrons. The van der Waals surface area contributed by atoms with Gasteiger partial charge in [-0.2, -0.15) is 0 Å². The largest absolute Gasteiger partial charge is 0.504 e. The third kappa shape index (κ3) is 3.97. The van der Waals surface area contributed by atoms with Gasteiger partial charge in [-0.15, -0.1) is 0 Å². The molecule has 1 aromatic heterocycles. The molecule has 1 aliphatic heterocycles. The van der Waals surface area contributed by atoms with E-state index in [1.54, 1.807) is 0 Å². The number of hydrogen-bond acceptors (Lipinski definition) is 12. The van der Waals surface area contributed by atoms with Crippen LogP contribution in [0.25, 0.3) is 22.3 Å². The van der Waals surface area contributed by atoms with E-state index in [1.165, 1.54) is 25.3 Å². The maximum atomic E-state index is 12.6. The monoisotopic (exact) mass is 478 g/mol. The average Bonchev–Trinajstić information content (AvgIpc) is 2.80. The minimum Gasteiger partial charge on any atom is -0.504 e. The normalized spacial score (nSPS) is 24.8. The van der Waals surface area contributed by atoms with Gasteiger partial charge in [-0.3, -0.25) is 4.79 Å². The molecule has 12 heteroatoms. The lowest BCUT2D eigenvalue weighted by Crippen LogP contribution is -2.60. The lowest BCUT2D eigenvalue weighted by molar-refractivity contribution is -0.277. The summed E-state index contributed by atoms with van der Waals surface area (Å²) in [4.78, 5) is 12.6. The Labute approximate surface area is 191 Å². The molecule has 5 atom stereocenters. The fourth-order valence-corrected chi connectivity index (χ4v) is 3.67. The molecular weight excluding hydrogens is 456 g/mol. The van der Waals surface area contributed by atoms with E-state index in [2.05, 4.69) is 0 Å². The van der Waals surface area contributed by atoms with Crippen LogP contribution in [0, 0.1) is 0 Å². The zero-order chi connectivity index (χ0) is 24.7. The Morgan fingerprint density at radius 1 is 0.971 bits per heavy atom. The summed E-state index contributed by atoms with van der Waals surface area (Å²) in [5, 5.41) is 69.5. The first-order valence-electron chi connectivity index (χ1n) is 10.0. The first-order chi connectivity index (χ1) is 16.2. The molecule has 34 heavy (non-hydrogen) atoms. The first-order valence-corrected chi connectivity index (χ1v) is 10.0. The van der Waals surface area contributed by atoms with Crippen LogP contribution >= 0.6 is 0 Å². The molecular formula is C22H22O12. The number of ether oxygens (including phenoxy) is 3. The second-order valence-electron chi connectivity index (χ2n) is 7.62. The highest BCUT2D eigenvalue weighted by molar-refractivity contribution is 5.89. The minimum absolute atomic E-state index is 0.00356. The van der Waals surface area contributed by atoms with Crippen LogP contribution in [0.4, 0.5) is 0 Å². The molecule has 2 aromatic carbocycles. The van der Waals surface area contributed by atoms with E-state index in [1.807, 2.05) is 0 Å². The fourth-order valence-electron chi connectivity index (χ4n) is 3.67. The summed E-state index contributed by atoms with van der Waals surface area (Å²) in [7, 11) is 1.22. The van der Waals surface area contributed by atoms with Crippen molar-refractivity contribution in [3.05, 3.63) is 40.6 Å². The third-order valence-electron chi connectivity index (χ3n) is 5.47. The van der Waals surface area contributed by atoms with Gasteiger partial charge in [0.1, 0.15) is 41.1 Å². The van der Waals surface area contributed by atoms with E-state index in [4.69, 9.17) is 18.6 Å². The van der Waals surface area contributed by atoms with E-state index in [-0.39, 0.29) is 33.8 Å². The Hall–Kier alpha value is -3.55. The number of aromatic hydroxyl groups is 3. The maximum Gasteiger partial charge on any atom is 0.229 e. The highest BCUT2D eigenvalue weighted by atomic mass is 16.7. The molecule has 1 saturated heterocycles. The van der Waals surface area contributed by atoms with E-state index in [9.17, 15) is 40.5 Å². The van der Waals surface area contributed by atoms with E-state index in [0.717, 1.165) is 12.1 Å². The van der Waals surface area contributed by atoms with Crippen molar-refractivity contribution in [1.82, 2.24) is 0 Å². The number of hydrogen-bond donors (Lipinski definition) is 7. The van der Waals surface area contributed by atoms with Crippen molar-refractivity contribution in [3.63, 3.8) is 0 Å². The van der Waals surface area contributed by atoms with Crippen molar-refractivity contribution in [3.8, 4) is 40.1 Å². The van der Waals surface area contributed by atoms with Crippen LogP contribution in [0.1, 0.15) is 0 Å². The topological polar surface area (TPSA) is 200 Å². The maximum absolute atomic E-state index is 12.6. The Balaban J connectivity index is 1.65.